The van der Waals surface area contributed by atoms with Gasteiger partial charge >= 0.3 is 0 Å². The first-order valence-electron chi connectivity index (χ1n) is 6.84. The summed E-state index contributed by atoms with van der Waals surface area (Å²) in [6, 6.07) is 10.1. The van der Waals surface area contributed by atoms with E-state index >= 15 is 0 Å². The highest BCUT2D eigenvalue weighted by atomic mass is 14.8. The number of fused-ring (bicyclic) bond motifs is 3. The molecule has 0 fully saturated rings. The van der Waals surface area contributed by atoms with E-state index in [1.807, 2.05) is 30.5 Å². The molecule has 3 aromatic heterocycles. The molecule has 0 aromatic carbocycles. The van der Waals surface area contributed by atoms with Crippen molar-refractivity contribution in [1.82, 2.24) is 15.0 Å². The van der Waals surface area contributed by atoms with Gasteiger partial charge in [0.1, 0.15) is 0 Å². The minimum atomic E-state index is 0.940. The van der Waals surface area contributed by atoms with Crippen LogP contribution in [0.15, 0.2) is 36.5 Å². The molecule has 0 saturated heterocycles. The Labute approximate surface area is 111 Å². The maximum Gasteiger partial charge on any atom is 0.0921 e. The second kappa shape index (κ2) is 4.19. The van der Waals surface area contributed by atoms with Crippen LogP contribution in [-0.2, 0) is 12.8 Å². The van der Waals surface area contributed by atoms with Crippen LogP contribution in [0.2, 0.25) is 0 Å². The smallest absolute Gasteiger partial charge is 0.0921 e. The number of hydrogen-bond acceptors (Lipinski definition) is 2. The molecule has 0 amide bonds. The lowest BCUT2D eigenvalue weighted by molar-refractivity contribution is 0.679. The third-order valence-corrected chi connectivity index (χ3v) is 3.86. The number of hydrogen-bond donors (Lipinski definition) is 1. The maximum absolute atomic E-state index is 4.82. The van der Waals surface area contributed by atoms with E-state index in [2.05, 4.69) is 16.0 Å². The van der Waals surface area contributed by atoms with E-state index in [1.165, 1.54) is 24.1 Å². The van der Waals surface area contributed by atoms with E-state index in [0.29, 0.717) is 0 Å². The number of pyridine rings is 2. The minimum absolute atomic E-state index is 0.940. The molecule has 0 radical (unpaired) electrons. The number of aromatic amines is 1. The van der Waals surface area contributed by atoms with Crippen LogP contribution < -0.4 is 0 Å². The number of H-pyrrole nitrogens is 1. The van der Waals surface area contributed by atoms with Gasteiger partial charge in [0, 0.05) is 11.9 Å². The molecule has 0 spiro atoms. The van der Waals surface area contributed by atoms with Crippen molar-refractivity contribution in [3.05, 3.63) is 47.8 Å². The van der Waals surface area contributed by atoms with Gasteiger partial charge in [-0.1, -0.05) is 6.07 Å². The average Bonchev–Trinajstić information content (AvgIpc) is 2.86. The summed E-state index contributed by atoms with van der Waals surface area (Å²) in [6.07, 6.45) is 6.68. The molecule has 0 atom stereocenters. The Morgan fingerprint density at radius 1 is 0.947 bits per heavy atom. The quantitative estimate of drug-likeness (QED) is 0.717. The van der Waals surface area contributed by atoms with Gasteiger partial charge in [-0.2, -0.15) is 0 Å². The van der Waals surface area contributed by atoms with Gasteiger partial charge < -0.3 is 4.98 Å². The summed E-state index contributed by atoms with van der Waals surface area (Å²) < 4.78 is 0. The summed E-state index contributed by atoms with van der Waals surface area (Å²) >= 11 is 0. The Morgan fingerprint density at radius 2 is 1.89 bits per heavy atom. The SMILES string of the molecule is c1ccc(-c2ccc3[nH]c4c(c3n2)CCCC4)nc1. The van der Waals surface area contributed by atoms with Crippen LogP contribution >= 0.6 is 0 Å². The first-order valence-corrected chi connectivity index (χ1v) is 6.84. The number of rotatable bonds is 1. The largest absolute Gasteiger partial charge is 0.357 e. The van der Waals surface area contributed by atoms with Crippen LogP contribution in [0.3, 0.4) is 0 Å². The molecule has 19 heavy (non-hydrogen) atoms. The van der Waals surface area contributed by atoms with Crippen LogP contribution in [0.4, 0.5) is 0 Å². The minimum Gasteiger partial charge on any atom is -0.357 e. The summed E-state index contributed by atoms with van der Waals surface area (Å²) in [5.41, 5.74) is 6.99. The van der Waals surface area contributed by atoms with Gasteiger partial charge in [0.2, 0.25) is 0 Å². The number of nitrogens with one attached hydrogen (secondary N) is 1. The van der Waals surface area contributed by atoms with E-state index in [9.17, 15) is 0 Å². The normalized spacial score (nSPS) is 14.5. The lowest BCUT2D eigenvalue weighted by Crippen LogP contribution is -2.00. The maximum atomic E-state index is 4.82. The molecule has 1 N–H and O–H groups in total. The van der Waals surface area contributed by atoms with E-state index in [-0.39, 0.29) is 0 Å². The fraction of sp³-hybridized carbons (Fsp3) is 0.250. The van der Waals surface area contributed by atoms with Gasteiger partial charge in [-0.25, -0.2) is 4.98 Å². The monoisotopic (exact) mass is 249 g/mol. The molecule has 0 bridgehead atoms. The molecule has 0 saturated carbocycles. The van der Waals surface area contributed by atoms with Gasteiger partial charge in [-0.3, -0.25) is 4.98 Å². The fourth-order valence-corrected chi connectivity index (χ4v) is 2.91. The van der Waals surface area contributed by atoms with Gasteiger partial charge in [0.05, 0.1) is 22.4 Å². The number of aryl methyl sites for hydroxylation is 2. The fourth-order valence-electron chi connectivity index (χ4n) is 2.91. The lowest BCUT2D eigenvalue weighted by Gasteiger charge is -2.10. The number of aromatic nitrogens is 3. The van der Waals surface area contributed by atoms with Crippen LogP contribution in [-0.4, -0.2) is 15.0 Å². The van der Waals surface area contributed by atoms with Crippen LogP contribution in [0.25, 0.3) is 22.4 Å². The van der Waals surface area contributed by atoms with Crippen molar-refractivity contribution in [2.75, 3.05) is 0 Å². The zero-order valence-electron chi connectivity index (χ0n) is 10.7. The summed E-state index contributed by atoms with van der Waals surface area (Å²) in [6.45, 7) is 0. The Hall–Kier alpha value is -2.16. The molecule has 0 unspecified atom stereocenters. The molecule has 3 nitrogen and oxygen atoms in total. The van der Waals surface area contributed by atoms with E-state index in [1.54, 1.807) is 0 Å². The van der Waals surface area contributed by atoms with Crippen molar-refractivity contribution < 1.29 is 0 Å². The highest BCUT2D eigenvalue weighted by Crippen LogP contribution is 2.29. The molecule has 3 heterocycles. The van der Waals surface area contributed by atoms with E-state index in [0.717, 1.165) is 35.3 Å². The Kier molecular flexibility index (Phi) is 2.37. The summed E-state index contributed by atoms with van der Waals surface area (Å²) in [5.74, 6) is 0. The summed E-state index contributed by atoms with van der Waals surface area (Å²) in [5, 5.41) is 0. The van der Waals surface area contributed by atoms with Gasteiger partial charge in [0.25, 0.3) is 0 Å². The molecular formula is C16H15N3. The lowest BCUT2D eigenvalue weighted by atomic mass is 9.97. The van der Waals surface area contributed by atoms with Gasteiger partial charge in [0.15, 0.2) is 0 Å². The second-order valence-electron chi connectivity index (χ2n) is 5.10. The molecular weight excluding hydrogens is 234 g/mol. The summed E-state index contributed by atoms with van der Waals surface area (Å²) in [4.78, 5) is 12.7. The zero-order valence-corrected chi connectivity index (χ0v) is 10.7. The van der Waals surface area contributed by atoms with Crippen LogP contribution in [0.1, 0.15) is 24.1 Å². The standard InChI is InChI=1S/C16H15N3/c1-2-6-12-11(5-1)16-15(18-12)9-8-14(19-16)13-7-3-4-10-17-13/h3-4,7-10,18H,1-2,5-6H2. The van der Waals surface area contributed by atoms with Crippen molar-refractivity contribution in [3.63, 3.8) is 0 Å². The zero-order chi connectivity index (χ0) is 12.7. The van der Waals surface area contributed by atoms with Gasteiger partial charge in [-0.15, -0.1) is 0 Å². The second-order valence-corrected chi connectivity index (χ2v) is 5.10. The predicted octanol–water partition coefficient (Wildman–Crippen LogP) is 3.50. The molecule has 1 aliphatic rings. The van der Waals surface area contributed by atoms with Crippen molar-refractivity contribution in [2.24, 2.45) is 0 Å². The topological polar surface area (TPSA) is 41.6 Å². The third-order valence-electron chi connectivity index (χ3n) is 3.86. The molecule has 3 aromatic rings. The van der Waals surface area contributed by atoms with Crippen LogP contribution in [0.5, 0.6) is 0 Å². The van der Waals surface area contributed by atoms with Gasteiger partial charge in [-0.05, 0) is 55.5 Å². The molecule has 0 aliphatic heterocycles. The van der Waals surface area contributed by atoms with E-state index < -0.39 is 0 Å². The Balaban J connectivity index is 1.91. The number of nitrogens with zero attached hydrogens (tertiary/aromatic N) is 2. The Morgan fingerprint density at radius 3 is 2.79 bits per heavy atom. The molecule has 94 valence electrons. The first kappa shape index (κ1) is 10.7. The average molecular weight is 249 g/mol. The van der Waals surface area contributed by atoms with E-state index in [4.69, 9.17) is 4.98 Å². The molecule has 3 heteroatoms. The Bertz CT molecular complexity index is 728. The van der Waals surface area contributed by atoms with Crippen molar-refractivity contribution in [3.8, 4) is 11.4 Å². The summed E-state index contributed by atoms with van der Waals surface area (Å²) in [7, 11) is 0. The molecule has 1 aliphatic carbocycles. The van der Waals surface area contributed by atoms with Crippen molar-refractivity contribution >= 4 is 11.0 Å². The third kappa shape index (κ3) is 1.73. The highest BCUT2D eigenvalue weighted by Gasteiger charge is 2.16. The van der Waals surface area contributed by atoms with Crippen molar-refractivity contribution in [1.29, 1.82) is 0 Å². The van der Waals surface area contributed by atoms with Crippen molar-refractivity contribution in [2.45, 2.75) is 25.7 Å². The molecule has 4 rings (SSSR count). The highest BCUT2D eigenvalue weighted by molar-refractivity contribution is 5.83. The first-order chi connectivity index (χ1) is 9.42. The van der Waals surface area contributed by atoms with Crippen LogP contribution in [0, 0.1) is 0 Å². The predicted molar refractivity (Wildman–Crippen MR) is 76.0 cm³/mol.